The maximum Gasteiger partial charge on any atom is 0.227 e. The van der Waals surface area contributed by atoms with E-state index in [-0.39, 0.29) is 17.7 Å². The average molecular weight is 368 g/mol. The number of piperazine rings is 1. The van der Waals surface area contributed by atoms with Gasteiger partial charge in [-0.1, -0.05) is 18.2 Å². The van der Waals surface area contributed by atoms with Crippen LogP contribution in [0, 0.1) is 5.92 Å². The van der Waals surface area contributed by atoms with Crippen LogP contribution in [0.1, 0.15) is 18.4 Å². The molecule has 6 heteroatoms. The van der Waals surface area contributed by atoms with E-state index in [1.54, 1.807) is 0 Å². The summed E-state index contributed by atoms with van der Waals surface area (Å²) in [4.78, 5) is 34.9. The number of hydrogen-bond donors (Lipinski definition) is 1. The first-order chi connectivity index (χ1) is 13.1. The molecule has 2 aliphatic heterocycles. The molecule has 6 nitrogen and oxygen atoms in total. The van der Waals surface area contributed by atoms with Crippen molar-refractivity contribution in [3.63, 3.8) is 0 Å². The Morgan fingerprint density at radius 3 is 2.44 bits per heavy atom. The number of carbonyl (C=O) groups excluding carboxylic acids is 2. The van der Waals surface area contributed by atoms with Gasteiger partial charge in [-0.2, -0.15) is 0 Å². The van der Waals surface area contributed by atoms with Crippen molar-refractivity contribution in [3.05, 3.63) is 36.0 Å². The highest BCUT2D eigenvalue weighted by Gasteiger charge is 2.31. The van der Waals surface area contributed by atoms with E-state index in [2.05, 4.69) is 23.0 Å². The molecule has 0 atom stereocenters. The molecule has 0 bridgehead atoms. The van der Waals surface area contributed by atoms with E-state index >= 15 is 0 Å². The first kappa shape index (κ1) is 18.0. The number of piperidine rings is 1. The van der Waals surface area contributed by atoms with E-state index in [0.717, 1.165) is 55.5 Å². The number of benzene rings is 1. The smallest absolute Gasteiger partial charge is 0.227 e. The number of hydrogen-bond acceptors (Lipinski definition) is 3. The van der Waals surface area contributed by atoms with Crippen molar-refractivity contribution in [2.75, 3.05) is 46.3 Å². The van der Waals surface area contributed by atoms with Crippen LogP contribution in [0.2, 0.25) is 0 Å². The maximum absolute atomic E-state index is 12.7. The average Bonchev–Trinajstić information content (AvgIpc) is 3.11. The molecule has 0 radical (unpaired) electrons. The van der Waals surface area contributed by atoms with Gasteiger partial charge in [-0.05, 0) is 31.5 Å². The predicted molar refractivity (Wildman–Crippen MR) is 105 cm³/mol. The predicted octanol–water partition coefficient (Wildman–Crippen LogP) is 1.72. The van der Waals surface area contributed by atoms with Crippen molar-refractivity contribution in [2.24, 2.45) is 5.92 Å². The number of carbonyl (C=O) groups is 2. The van der Waals surface area contributed by atoms with Crippen molar-refractivity contribution in [1.29, 1.82) is 0 Å². The highest BCUT2D eigenvalue weighted by molar-refractivity contribution is 5.89. The molecule has 144 valence electrons. The standard InChI is InChI=1S/C21H28N4O2/c1-23-10-12-25(13-11-23)21(27)16-6-8-24(9-7-16)20(26)14-17-15-22-19-5-3-2-4-18(17)19/h2-5,15-16,22H,6-14H2,1H3. The molecule has 0 aliphatic carbocycles. The largest absolute Gasteiger partial charge is 0.361 e. The third-order valence-electron chi connectivity index (χ3n) is 6.03. The van der Waals surface area contributed by atoms with E-state index in [0.29, 0.717) is 19.5 Å². The summed E-state index contributed by atoms with van der Waals surface area (Å²) in [5.41, 5.74) is 2.11. The Morgan fingerprint density at radius 1 is 1.00 bits per heavy atom. The van der Waals surface area contributed by atoms with E-state index in [1.165, 1.54) is 0 Å². The zero-order valence-electron chi connectivity index (χ0n) is 16.0. The number of nitrogens with zero attached hydrogens (tertiary/aromatic N) is 3. The van der Waals surface area contributed by atoms with E-state index in [1.807, 2.05) is 34.2 Å². The minimum absolute atomic E-state index is 0.0746. The lowest BCUT2D eigenvalue weighted by atomic mass is 9.94. The van der Waals surface area contributed by atoms with Crippen LogP contribution in [0.25, 0.3) is 10.9 Å². The number of aromatic nitrogens is 1. The van der Waals surface area contributed by atoms with Gasteiger partial charge in [0.05, 0.1) is 6.42 Å². The summed E-state index contributed by atoms with van der Waals surface area (Å²) >= 11 is 0. The zero-order chi connectivity index (χ0) is 18.8. The Morgan fingerprint density at radius 2 is 1.70 bits per heavy atom. The van der Waals surface area contributed by atoms with E-state index in [4.69, 9.17) is 0 Å². The number of para-hydroxylation sites is 1. The number of H-pyrrole nitrogens is 1. The molecule has 1 aromatic carbocycles. The first-order valence-electron chi connectivity index (χ1n) is 9.92. The Kier molecular flexibility index (Phi) is 5.16. The van der Waals surface area contributed by atoms with Crippen molar-refractivity contribution in [1.82, 2.24) is 19.7 Å². The van der Waals surface area contributed by atoms with E-state index < -0.39 is 0 Å². The van der Waals surface area contributed by atoms with Gasteiger partial charge in [0.25, 0.3) is 0 Å². The zero-order valence-corrected chi connectivity index (χ0v) is 16.0. The number of amides is 2. The molecule has 1 aromatic heterocycles. The normalized spacial score (nSPS) is 19.6. The van der Waals surface area contributed by atoms with Gasteiger partial charge < -0.3 is 19.7 Å². The van der Waals surface area contributed by atoms with Crippen LogP contribution in [0.4, 0.5) is 0 Å². The highest BCUT2D eigenvalue weighted by Crippen LogP contribution is 2.23. The van der Waals surface area contributed by atoms with Gasteiger partial charge >= 0.3 is 0 Å². The number of likely N-dealkylation sites (N-methyl/N-ethyl adjacent to an activating group) is 1. The van der Waals surface area contributed by atoms with Gasteiger partial charge in [0.2, 0.25) is 11.8 Å². The first-order valence-corrected chi connectivity index (χ1v) is 9.92. The topological polar surface area (TPSA) is 59.6 Å². The molecule has 2 aliphatic rings. The molecule has 0 saturated carbocycles. The fraction of sp³-hybridized carbons (Fsp3) is 0.524. The maximum atomic E-state index is 12.7. The molecule has 2 fully saturated rings. The molecule has 2 aromatic rings. The second kappa shape index (κ2) is 7.72. The molecule has 1 N–H and O–H groups in total. The van der Waals surface area contributed by atoms with Crippen molar-refractivity contribution in [2.45, 2.75) is 19.3 Å². The fourth-order valence-corrected chi connectivity index (χ4v) is 4.21. The SMILES string of the molecule is CN1CCN(C(=O)C2CCN(C(=O)Cc3c[nH]c4ccccc34)CC2)CC1. The lowest BCUT2D eigenvalue weighted by molar-refractivity contribution is -0.141. The summed E-state index contributed by atoms with van der Waals surface area (Å²) in [6.07, 6.45) is 3.92. The van der Waals surface area contributed by atoms with Crippen LogP contribution in [0.5, 0.6) is 0 Å². The Bertz CT molecular complexity index is 814. The summed E-state index contributed by atoms with van der Waals surface area (Å²) in [6, 6.07) is 8.07. The van der Waals surface area contributed by atoms with Gasteiger partial charge in [0, 0.05) is 62.3 Å². The van der Waals surface area contributed by atoms with Gasteiger partial charge in [0.1, 0.15) is 0 Å². The van der Waals surface area contributed by atoms with Crippen LogP contribution in [0.3, 0.4) is 0 Å². The summed E-state index contributed by atoms with van der Waals surface area (Å²) in [7, 11) is 2.10. The Hall–Kier alpha value is -2.34. The summed E-state index contributed by atoms with van der Waals surface area (Å²) in [6.45, 7) is 4.93. The molecular formula is C21H28N4O2. The lowest BCUT2D eigenvalue weighted by Crippen LogP contribution is -2.51. The molecule has 27 heavy (non-hydrogen) atoms. The van der Waals surface area contributed by atoms with Crippen molar-refractivity contribution < 1.29 is 9.59 Å². The van der Waals surface area contributed by atoms with Crippen LogP contribution in [0.15, 0.2) is 30.5 Å². The minimum Gasteiger partial charge on any atom is -0.361 e. The van der Waals surface area contributed by atoms with Gasteiger partial charge in [-0.15, -0.1) is 0 Å². The molecule has 2 saturated heterocycles. The fourth-order valence-electron chi connectivity index (χ4n) is 4.21. The van der Waals surface area contributed by atoms with Crippen LogP contribution in [-0.2, 0) is 16.0 Å². The molecule has 2 amide bonds. The second-order valence-corrected chi connectivity index (χ2v) is 7.82. The minimum atomic E-state index is 0.0746. The van der Waals surface area contributed by atoms with Gasteiger partial charge in [-0.25, -0.2) is 0 Å². The van der Waals surface area contributed by atoms with Crippen LogP contribution >= 0.6 is 0 Å². The van der Waals surface area contributed by atoms with Crippen LogP contribution < -0.4 is 0 Å². The number of aromatic amines is 1. The lowest BCUT2D eigenvalue weighted by Gasteiger charge is -2.37. The molecule has 4 rings (SSSR count). The molecular weight excluding hydrogens is 340 g/mol. The van der Waals surface area contributed by atoms with Crippen molar-refractivity contribution >= 4 is 22.7 Å². The quantitative estimate of drug-likeness (QED) is 0.898. The number of nitrogens with one attached hydrogen (secondary N) is 1. The summed E-state index contributed by atoms with van der Waals surface area (Å²) < 4.78 is 0. The van der Waals surface area contributed by atoms with Gasteiger partial charge in [0.15, 0.2) is 0 Å². The number of fused-ring (bicyclic) bond motifs is 1. The van der Waals surface area contributed by atoms with E-state index in [9.17, 15) is 9.59 Å². The van der Waals surface area contributed by atoms with Crippen molar-refractivity contribution in [3.8, 4) is 0 Å². The number of likely N-dealkylation sites (tertiary alicyclic amines) is 1. The third-order valence-corrected chi connectivity index (χ3v) is 6.03. The molecule has 0 spiro atoms. The Labute approximate surface area is 160 Å². The number of rotatable bonds is 3. The molecule has 3 heterocycles. The third kappa shape index (κ3) is 3.86. The molecule has 0 unspecified atom stereocenters. The van der Waals surface area contributed by atoms with Gasteiger partial charge in [-0.3, -0.25) is 9.59 Å². The summed E-state index contributed by atoms with van der Waals surface area (Å²) in [5, 5.41) is 1.12. The second-order valence-electron chi connectivity index (χ2n) is 7.82. The highest BCUT2D eigenvalue weighted by atomic mass is 16.2. The summed E-state index contributed by atoms with van der Waals surface area (Å²) in [5.74, 6) is 0.516. The van der Waals surface area contributed by atoms with Crippen LogP contribution in [-0.4, -0.2) is 77.8 Å². The monoisotopic (exact) mass is 368 g/mol. The Balaban J connectivity index is 1.31.